The fourth-order valence-electron chi connectivity index (χ4n) is 2.18. The van der Waals surface area contributed by atoms with Crippen LogP contribution in [0.5, 0.6) is 0 Å². The summed E-state index contributed by atoms with van der Waals surface area (Å²) in [7, 11) is 0. The van der Waals surface area contributed by atoms with E-state index < -0.39 is 11.7 Å². The van der Waals surface area contributed by atoms with Gasteiger partial charge in [0.05, 0.1) is 11.7 Å². The molecule has 0 heterocycles. The minimum absolute atomic E-state index is 0.180. The zero-order chi connectivity index (χ0) is 11.1. The number of aliphatic hydroxyl groups excluding tert-OH is 1. The first-order valence-electron chi connectivity index (χ1n) is 5.10. The maximum absolute atomic E-state index is 12.3. The molecule has 0 spiro atoms. The van der Waals surface area contributed by atoms with Gasteiger partial charge in [0.1, 0.15) is 0 Å². The van der Waals surface area contributed by atoms with Gasteiger partial charge in [0.2, 0.25) is 0 Å². The molecule has 1 unspecified atom stereocenters. The van der Waals surface area contributed by atoms with Gasteiger partial charge in [-0.25, -0.2) is 0 Å². The second-order valence-corrected chi connectivity index (χ2v) is 4.30. The number of hydrogen-bond acceptors (Lipinski definition) is 1. The SMILES string of the molecule is O[C@H]1C[C@H](C2C=CC(C(F)(F)F)=CC2)C1. The van der Waals surface area contributed by atoms with E-state index in [0.717, 1.165) is 12.8 Å². The lowest BCUT2D eigenvalue weighted by Gasteiger charge is -2.37. The van der Waals surface area contributed by atoms with Crippen LogP contribution in [0.2, 0.25) is 0 Å². The lowest BCUT2D eigenvalue weighted by atomic mass is 9.71. The molecule has 84 valence electrons. The van der Waals surface area contributed by atoms with Crippen molar-refractivity contribution in [2.75, 3.05) is 0 Å². The highest BCUT2D eigenvalue weighted by Crippen LogP contribution is 2.40. The van der Waals surface area contributed by atoms with Crippen molar-refractivity contribution in [2.45, 2.75) is 31.5 Å². The van der Waals surface area contributed by atoms with Crippen molar-refractivity contribution in [1.29, 1.82) is 0 Å². The molecular weight excluding hydrogens is 205 g/mol. The van der Waals surface area contributed by atoms with E-state index in [9.17, 15) is 13.2 Å². The zero-order valence-corrected chi connectivity index (χ0v) is 8.17. The number of alkyl halides is 3. The van der Waals surface area contributed by atoms with Crippen molar-refractivity contribution < 1.29 is 18.3 Å². The van der Waals surface area contributed by atoms with Gasteiger partial charge < -0.3 is 5.11 Å². The highest BCUT2D eigenvalue weighted by atomic mass is 19.4. The third-order valence-corrected chi connectivity index (χ3v) is 3.22. The fraction of sp³-hybridized carbons (Fsp3) is 0.636. The Morgan fingerprint density at radius 2 is 1.93 bits per heavy atom. The Kier molecular flexibility index (Phi) is 2.63. The third-order valence-electron chi connectivity index (χ3n) is 3.22. The summed E-state index contributed by atoms with van der Waals surface area (Å²) in [5.74, 6) is 0.543. The van der Waals surface area contributed by atoms with Crippen LogP contribution in [-0.4, -0.2) is 17.4 Å². The maximum Gasteiger partial charge on any atom is 0.416 e. The molecule has 0 amide bonds. The molecular formula is C11H13F3O. The van der Waals surface area contributed by atoms with Crippen molar-refractivity contribution in [3.05, 3.63) is 23.8 Å². The Bertz CT molecular complexity index is 297. The average molecular weight is 218 g/mol. The van der Waals surface area contributed by atoms with Gasteiger partial charge in [0.25, 0.3) is 0 Å². The first-order valence-corrected chi connectivity index (χ1v) is 5.10. The van der Waals surface area contributed by atoms with Crippen LogP contribution in [0.15, 0.2) is 23.8 Å². The van der Waals surface area contributed by atoms with Crippen molar-refractivity contribution in [3.8, 4) is 0 Å². The average Bonchev–Trinajstić information content (AvgIpc) is 2.12. The summed E-state index contributed by atoms with van der Waals surface area (Å²) in [6.07, 6.45) is 1.50. The van der Waals surface area contributed by atoms with Crippen LogP contribution in [0.1, 0.15) is 19.3 Å². The molecule has 0 bridgehead atoms. The highest BCUT2D eigenvalue weighted by molar-refractivity contribution is 5.28. The van der Waals surface area contributed by atoms with Gasteiger partial charge in [0, 0.05) is 0 Å². The molecule has 0 aliphatic heterocycles. The minimum Gasteiger partial charge on any atom is -0.393 e. The molecule has 2 rings (SSSR count). The Morgan fingerprint density at radius 1 is 1.27 bits per heavy atom. The van der Waals surface area contributed by atoms with E-state index in [2.05, 4.69) is 0 Å². The molecule has 1 saturated carbocycles. The lowest BCUT2D eigenvalue weighted by Crippen LogP contribution is -2.33. The molecule has 1 N–H and O–H groups in total. The first-order chi connectivity index (χ1) is 6.97. The molecule has 4 heteroatoms. The Balaban J connectivity index is 1.93. The molecule has 1 fully saturated rings. The van der Waals surface area contributed by atoms with E-state index in [4.69, 9.17) is 5.11 Å². The molecule has 0 radical (unpaired) electrons. The van der Waals surface area contributed by atoms with Gasteiger partial charge in [-0.1, -0.05) is 18.2 Å². The van der Waals surface area contributed by atoms with Crippen LogP contribution < -0.4 is 0 Å². The monoisotopic (exact) mass is 218 g/mol. The highest BCUT2D eigenvalue weighted by Gasteiger charge is 2.36. The van der Waals surface area contributed by atoms with Crippen molar-refractivity contribution in [2.24, 2.45) is 11.8 Å². The molecule has 15 heavy (non-hydrogen) atoms. The molecule has 2 aliphatic rings. The summed E-state index contributed by atoms with van der Waals surface area (Å²) in [6.45, 7) is 0. The number of hydrogen-bond donors (Lipinski definition) is 1. The summed E-state index contributed by atoms with van der Waals surface area (Å²) in [6, 6.07) is 0. The van der Waals surface area contributed by atoms with E-state index in [0.29, 0.717) is 12.3 Å². The standard InChI is InChI=1S/C11H13F3O/c12-11(13,14)9-3-1-7(2-4-9)8-5-10(15)6-8/h1,3-4,7-8,10,15H,2,5-6H2/t7?,8-,10-. The van der Waals surface area contributed by atoms with Gasteiger partial charge >= 0.3 is 6.18 Å². The van der Waals surface area contributed by atoms with E-state index in [1.807, 2.05) is 0 Å². The second kappa shape index (κ2) is 3.67. The molecule has 0 aromatic carbocycles. The van der Waals surface area contributed by atoms with Gasteiger partial charge in [-0.2, -0.15) is 13.2 Å². The van der Waals surface area contributed by atoms with Gasteiger partial charge in [-0.3, -0.25) is 0 Å². The minimum atomic E-state index is -4.22. The molecule has 0 aromatic heterocycles. The summed E-state index contributed by atoms with van der Waals surface area (Å²) >= 11 is 0. The van der Waals surface area contributed by atoms with E-state index in [1.54, 1.807) is 6.08 Å². The second-order valence-electron chi connectivity index (χ2n) is 4.30. The van der Waals surface area contributed by atoms with Crippen LogP contribution >= 0.6 is 0 Å². The lowest BCUT2D eigenvalue weighted by molar-refractivity contribution is -0.0889. The maximum atomic E-state index is 12.3. The van der Waals surface area contributed by atoms with Crippen LogP contribution in [0.4, 0.5) is 13.2 Å². The molecule has 0 saturated heterocycles. The smallest absolute Gasteiger partial charge is 0.393 e. The molecule has 0 aromatic rings. The van der Waals surface area contributed by atoms with Crippen molar-refractivity contribution in [1.82, 2.24) is 0 Å². The molecule has 2 aliphatic carbocycles. The van der Waals surface area contributed by atoms with Crippen LogP contribution in [0.25, 0.3) is 0 Å². The predicted molar refractivity (Wildman–Crippen MR) is 50.1 cm³/mol. The predicted octanol–water partition coefficient (Wildman–Crippen LogP) is 2.82. The van der Waals surface area contributed by atoms with Gasteiger partial charge in [-0.05, 0) is 31.1 Å². The van der Waals surface area contributed by atoms with Crippen molar-refractivity contribution in [3.63, 3.8) is 0 Å². The Hall–Kier alpha value is -0.770. The number of allylic oxidation sites excluding steroid dienone is 4. The molecule has 1 atom stereocenters. The van der Waals surface area contributed by atoms with E-state index in [-0.39, 0.29) is 12.0 Å². The largest absolute Gasteiger partial charge is 0.416 e. The summed E-state index contributed by atoms with van der Waals surface area (Å²) in [5.41, 5.74) is -0.543. The van der Waals surface area contributed by atoms with Crippen LogP contribution in [0.3, 0.4) is 0 Å². The van der Waals surface area contributed by atoms with Crippen LogP contribution in [-0.2, 0) is 0 Å². The van der Waals surface area contributed by atoms with Crippen LogP contribution in [0, 0.1) is 11.8 Å². The summed E-state index contributed by atoms with van der Waals surface area (Å²) in [5, 5.41) is 9.11. The Morgan fingerprint density at radius 3 is 2.33 bits per heavy atom. The number of rotatable bonds is 1. The normalized spacial score (nSPS) is 36.0. The zero-order valence-electron chi connectivity index (χ0n) is 8.17. The topological polar surface area (TPSA) is 20.2 Å². The van der Waals surface area contributed by atoms with Gasteiger partial charge in [0.15, 0.2) is 0 Å². The molecule has 1 nitrogen and oxygen atoms in total. The Labute approximate surface area is 86.3 Å². The first kappa shape index (κ1) is 10.7. The number of halogens is 3. The summed E-state index contributed by atoms with van der Waals surface area (Å²) in [4.78, 5) is 0. The van der Waals surface area contributed by atoms with Crippen molar-refractivity contribution >= 4 is 0 Å². The van der Waals surface area contributed by atoms with E-state index in [1.165, 1.54) is 12.2 Å². The third kappa shape index (κ3) is 2.25. The summed E-state index contributed by atoms with van der Waals surface area (Å²) < 4.78 is 36.8. The fourth-order valence-corrected chi connectivity index (χ4v) is 2.18. The van der Waals surface area contributed by atoms with Gasteiger partial charge in [-0.15, -0.1) is 0 Å². The van der Waals surface area contributed by atoms with E-state index >= 15 is 0 Å². The number of aliphatic hydroxyl groups is 1. The quantitative estimate of drug-likeness (QED) is 0.717.